The Hall–Kier alpha value is -2.11. The minimum atomic E-state index is 0.0198. The molecule has 0 aliphatic heterocycles. The van der Waals surface area contributed by atoms with Crippen LogP contribution in [-0.4, -0.2) is 27.1 Å². The van der Waals surface area contributed by atoms with Crippen LogP contribution in [-0.2, 0) is 13.1 Å². The molecule has 0 atom stereocenters. The second-order valence-electron chi connectivity index (χ2n) is 6.21. The van der Waals surface area contributed by atoms with Gasteiger partial charge in [-0.25, -0.2) is 0 Å². The molecule has 0 aliphatic rings. The molecule has 0 spiro atoms. The van der Waals surface area contributed by atoms with Crippen LogP contribution in [0.25, 0.3) is 0 Å². The highest BCUT2D eigenvalue weighted by Crippen LogP contribution is 2.24. The Morgan fingerprint density at radius 3 is 2.54 bits per heavy atom. The Morgan fingerprint density at radius 1 is 1.19 bits per heavy atom. The van der Waals surface area contributed by atoms with Crippen molar-refractivity contribution in [3.8, 4) is 0 Å². The largest absolute Gasteiger partial charge is 0.334 e. The van der Waals surface area contributed by atoms with Crippen molar-refractivity contribution in [3.63, 3.8) is 0 Å². The minimum absolute atomic E-state index is 0.0198. The number of aryl methyl sites for hydroxylation is 1. The van der Waals surface area contributed by atoms with Gasteiger partial charge in [0.1, 0.15) is 0 Å². The predicted molar refractivity (Wildman–Crippen MR) is 107 cm³/mol. The maximum Gasteiger partial charge on any atom is 0.257 e. The van der Waals surface area contributed by atoms with Gasteiger partial charge < -0.3 is 4.90 Å². The summed E-state index contributed by atoms with van der Waals surface area (Å²) >= 11 is 7.53. The number of halogens is 1. The van der Waals surface area contributed by atoms with Crippen LogP contribution in [0, 0.1) is 13.8 Å². The highest BCUT2D eigenvalue weighted by Gasteiger charge is 2.23. The van der Waals surface area contributed by atoms with E-state index in [9.17, 15) is 4.79 Å². The predicted octanol–water partition coefficient (Wildman–Crippen LogP) is 4.93. The van der Waals surface area contributed by atoms with Crippen LogP contribution in [0.5, 0.6) is 0 Å². The van der Waals surface area contributed by atoms with Gasteiger partial charge in [0.05, 0.1) is 28.7 Å². The van der Waals surface area contributed by atoms with E-state index in [2.05, 4.69) is 17.2 Å². The summed E-state index contributed by atoms with van der Waals surface area (Å²) in [5.74, 6) is 0.0198. The Morgan fingerprint density at radius 2 is 1.92 bits per heavy atom. The Bertz CT molecular complexity index is 901. The molecule has 6 heteroatoms. The van der Waals surface area contributed by atoms with Gasteiger partial charge in [0.15, 0.2) is 0 Å². The van der Waals surface area contributed by atoms with E-state index in [-0.39, 0.29) is 5.91 Å². The number of hydrogen-bond acceptors (Lipinski definition) is 3. The van der Waals surface area contributed by atoms with Gasteiger partial charge >= 0.3 is 0 Å². The molecule has 136 valence electrons. The molecule has 26 heavy (non-hydrogen) atoms. The van der Waals surface area contributed by atoms with Crippen LogP contribution in [0.3, 0.4) is 0 Å². The van der Waals surface area contributed by atoms with Gasteiger partial charge in [-0.1, -0.05) is 41.9 Å². The van der Waals surface area contributed by atoms with E-state index in [1.165, 1.54) is 11.3 Å². The molecule has 3 aromatic rings. The van der Waals surface area contributed by atoms with Gasteiger partial charge in [0.25, 0.3) is 5.91 Å². The highest BCUT2D eigenvalue weighted by molar-refractivity contribution is 7.16. The third-order valence-corrected chi connectivity index (χ3v) is 5.63. The summed E-state index contributed by atoms with van der Waals surface area (Å²) in [4.78, 5) is 16.1. The number of amides is 1. The molecule has 3 rings (SSSR count). The topological polar surface area (TPSA) is 38.1 Å². The normalized spacial score (nSPS) is 10.9. The number of rotatable bonds is 6. The first kappa shape index (κ1) is 18.7. The lowest BCUT2D eigenvalue weighted by molar-refractivity contribution is 0.0752. The summed E-state index contributed by atoms with van der Waals surface area (Å²) in [6, 6.07) is 14.0. The van der Waals surface area contributed by atoms with Crippen molar-refractivity contribution >= 4 is 28.8 Å². The third-order valence-electron chi connectivity index (χ3n) is 4.42. The summed E-state index contributed by atoms with van der Waals surface area (Å²) in [5, 5.41) is 4.61. The summed E-state index contributed by atoms with van der Waals surface area (Å²) in [6.07, 6.45) is 0. The fourth-order valence-electron chi connectivity index (χ4n) is 3.03. The zero-order valence-electron chi connectivity index (χ0n) is 15.2. The maximum atomic E-state index is 13.1. The summed E-state index contributed by atoms with van der Waals surface area (Å²) < 4.78 is 2.65. The van der Waals surface area contributed by atoms with Gasteiger partial charge in [-0.3, -0.25) is 9.48 Å². The van der Waals surface area contributed by atoms with Gasteiger partial charge in [-0.05, 0) is 38.5 Å². The van der Waals surface area contributed by atoms with Crippen molar-refractivity contribution in [1.29, 1.82) is 0 Å². The highest BCUT2D eigenvalue weighted by atomic mass is 35.5. The fourth-order valence-corrected chi connectivity index (χ4v) is 4.13. The Kier molecular flexibility index (Phi) is 5.79. The molecule has 1 amide bonds. The van der Waals surface area contributed by atoms with Crippen molar-refractivity contribution in [2.24, 2.45) is 0 Å². The lowest BCUT2D eigenvalue weighted by Crippen LogP contribution is -2.30. The molecule has 0 saturated heterocycles. The third kappa shape index (κ3) is 4.00. The van der Waals surface area contributed by atoms with Crippen molar-refractivity contribution in [2.45, 2.75) is 33.9 Å². The van der Waals surface area contributed by atoms with Crippen molar-refractivity contribution in [1.82, 2.24) is 14.7 Å². The van der Waals surface area contributed by atoms with E-state index in [1.54, 1.807) is 0 Å². The van der Waals surface area contributed by atoms with Crippen molar-refractivity contribution in [2.75, 3.05) is 6.54 Å². The molecule has 0 bridgehead atoms. The monoisotopic (exact) mass is 387 g/mol. The van der Waals surface area contributed by atoms with Gasteiger partial charge in [-0.2, -0.15) is 5.10 Å². The number of aromatic nitrogens is 2. The zero-order valence-corrected chi connectivity index (χ0v) is 16.8. The molecule has 4 nitrogen and oxygen atoms in total. The number of benzene rings is 1. The standard InChI is InChI=1S/C20H22ClN3OS/c1-4-23(13-17-10-11-18(21)26-17)20(25)19-14(2)22-24(15(19)3)12-16-8-6-5-7-9-16/h5-11H,4,12-13H2,1-3H3. The van der Waals surface area contributed by atoms with E-state index >= 15 is 0 Å². The van der Waals surface area contributed by atoms with Gasteiger partial charge in [0, 0.05) is 17.1 Å². The van der Waals surface area contributed by atoms with E-state index in [4.69, 9.17) is 11.6 Å². The Labute approximate surface area is 163 Å². The first-order valence-electron chi connectivity index (χ1n) is 8.61. The second kappa shape index (κ2) is 8.06. The average Bonchev–Trinajstić information content (AvgIpc) is 3.16. The quantitative estimate of drug-likeness (QED) is 0.601. The van der Waals surface area contributed by atoms with Crippen LogP contribution < -0.4 is 0 Å². The number of carbonyl (C=O) groups is 1. The fraction of sp³-hybridized carbons (Fsp3) is 0.300. The van der Waals surface area contributed by atoms with Crippen LogP contribution >= 0.6 is 22.9 Å². The molecule has 0 unspecified atom stereocenters. The summed E-state index contributed by atoms with van der Waals surface area (Å²) in [7, 11) is 0. The van der Waals surface area contributed by atoms with Crippen LogP contribution in [0.1, 0.15) is 39.1 Å². The summed E-state index contributed by atoms with van der Waals surface area (Å²) in [5.41, 5.74) is 3.54. The molecule has 1 aromatic carbocycles. The van der Waals surface area contributed by atoms with E-state index in [1.807, 2.05) is 60.7 Å². The molecule has 0 aliphatic carbocycles. The number of nitrogens with zero attached hydrogens (tertiary/aromatic N) is 3. The molecule has 0 N–H and O–H groups in total. The van der Waals surface area contributed by atoms with E-state index < -0.39 is 0 Å². The first-order chi connectivity index (χ1) is 12.5. The van der Waals surface area contributed by atoms with Crippen LogP contribution in [0.15, 0.2) is 42.5 Å². The number of carbonyl (C=O) groups excluding carboxylic acids is 1. The number of thiophene rings is 1. The molecule has 2 heterocycles. The number of hydrogen-bond donors (Lipinski definition) is 0. The van der Waals surface area contributed by atoms with Gasteiger partial charge in [-0.15, -0.1) is 11.3 Å². The summed E-state index contributed by atoms with van der Waals surface area (Å²) in [6.45, 7) is 7.72. The Balaban J connectivity index is 1.84. The van der Waals surface area contributed by atoms with E-state index in [0.29, 0.717) is 25.2 Å². The van der Waals surface area contributed by atoms with E-state index in [0.717, 1.165) is 26.2 Å². The molecule has 0 radical (unpaired) electrons. The first-order valence-corrected chi connectivity index (χ1v) is 9.80. The van der Waals surface area contributed by atoms with Gasteiger partial charge in [0.2, 0.25) is 0 Å². The zero-order chi connectivity index (χ0) is 18.7. The molecule has 0 fully saturated rings. The molecular weight excluding hydrogens is 366 g/mol. The SMILES string of the molecule is CCN(Cc1ccc(Cl)s1)C(=O)c1c(C)nn(Cc2ccccc2)c1C. The second-order valence-corrected chi connectivity index (χ2v) is 8.01. The van der Waals surface area contributed by atoms with Crippen LogP contribution in [0.2, 0.25) is 4.34 Å². The smallest absolute Gasteiger partial charge is 0.257 e. The lowest BCUT2D eigenvalue weighted by Gasteiger charge is -2.20. The molecule has 0 saturated carbocycles. The minimum Gasteiger partial charge on any atom is -0.334 e. The van der Waals surface area contributed by atoms with Crippen LogP contribution in [0.4, 0.5) is 0 Å². The van der Waals surface area contributed by atoms with Crippen molar-refractivity contribution < 1.29 is 4.79 Å². The maximum absolute atomic E-state index is 13.1. The average molecular weight is 388 g/mol. The molecular formula is C20H22ClN3OS. The van der Waals surface area contributed by atoms with Crippen molar-refractivity contribution in [3.05, 3.63) is 74.2 Å². The molecule has 2 aromatic heterocycles. The lowest BCUT2D eigenvalue weighted by atomic mass is 10.1.